The molecule has 0 radical (unpaired) electrons. The summed E-state index contributed by atoms with van der Waals surface area (Å²) in [6.45, 7) is 14.6. The van der Waals surface area contributed by atoms with Crippen molar-refractivity contribution in [2.75, 3.05) is 66.2 Å². The number of rotatable bonds is 8. The first-order valence-corrected chi connectivity index (χ1v) is 11.3. The lowest BCUT2D eigenvalue weighted by Gasteiger charge is -2.37. The van der Waals surface area contributed by atoms with Gasteiger partial charge in [0.1, 0.15) is 0 Å². The number of aliphatic imine (C=N–C) groups is 1. The van der Waals surface area contributed by atoms with E-state index >= 15 is 0 Å². The lowest BCUT2D eigenvalue weighted by Crippen LogP contribution is -2.52. The largest absolute Gasteiger partial charge is 0.379 e. The molecular weight excluding hydrogens is 505 g/mol. The standard InChI is InChI=1S/C23H39N5O2.HI/c1-19(2)22(28-9-13-30-14-10-28)17-26-23(24-3)25-16-20-5-4-6-21(15-20)18-27-7-11-29-12-8-27;/h4-6,15,19,22H,7-14,16-18H2,1-3H3,(H2,24,25,26);1H. The zero-order valence-electron chi connectivity index (χ0n) is 19.3. The lowest BCUT2D eigenvalue weighted by molar-refractivity contribution is 0.00752. The Morgan fingerprint density at radius 1 is 1.00 bits per heavy atom. The molecule has 0 aromatic heterocycles. The van der Waals surface area contributed by atoms with Crippen molar-refractivity contribution >= 4 is 29.9 Å². The highest BCUT2D eigenvalue weighted by atomic mass is 127. The van der Waals surface area contributed by atoms with Crippen LogP contribution in [0.15, 0.2) is 29.3 Å². The normalized spacial score (nSPS) is 19.7. The smallest absolute Gasteiger partial charge is 0.191 e. The Morgan fingerprint density at radius 2 is 1.65 bits per heavy atom. The van der Waals surface area contributed by atoms with E-state index in [0.717, 1.165) is 78.2 Å². The number of guanidine groups is 1. The van der Waals surface area contributed by atoms with Crippen LogP contribution in [0.4, 0.5) is 0 Å². The van der Waals surface area contributed by atoms with Crippen LogP contribution in [-0.4, -0.2) is 88.0 Å². The van der Waals surface area contributed by atoms with Crippen LogP contribution in [-0.2, 0) is 22.6 Å². The van der Waals surface area contributed by atoms with E-state index in [9.17, 15) is 0 Å². The average Bonchev–Trinajstić information content (AvgIpc) is 2.77. The zero-order valence-corrected chi connectivity index (χ0v) is 21.6. The molecule has 0 amide bonds. The third-order valence-corrected chi connectivity index (χ3v) is 5.95. The fourth-order valence-electron chi connectivity index (χ4n) is 4.16. The van der Waals surface area contributed by atoms with E-state index in [4.69, 9.17) is 9.47 Å². The highest BCUT2D eigenvalue weighted by molar-refractivity contribution is 14.0. The van der Waals surface area contributed by atoms with Crippen LogP contribution in [0.3, 0.4) is 0 Å². The first kappa shape index (κ1) is 26.3. The second-order valence-electron chi connectivity index (χ2n) is 8.47. The molecule has 0 bridgehead atoms. The van der Waals surface area contributed by atoms with Crippen LogP contribution >= 0.6 is 24.0 Å². The maximum Gasteiger partial charge on any atom is 0.191 e. The molecule has 1 aromatic carbocycles. The van der Waals surface area contributed by atoms with Crippen LogP contribution in [0.25, 0.3) is 0 Å². The second kappa shape index (κ2) is 14.3. The Morgan fingerprint density at radius 3 is 2.29 bits per heavy atom. The molecule has 0 spiro atoms. The highest BCUT2D eigenvalue weighted by Crippen LogP contribution is 2.13. The first-order chi connectivity index (χ1) is 14.7. The van der Waals surface area contributed by atoms with Gasteiger partial charge in [0.25, 0.3) is 0 Å². The minimum absolute atomic E-state index is 0. The van der Waals surface area contributed by atoms with Gasteiger partial charge < -0.3 is 20.1 Å². The van der Waals surface area contributed by atoms with E-state index in [-0.39, 0.29) is 24.0 Å². The molecule has 0 aliphatic carbocycles. The van der Waals surface area contributed by atoms with Crippen molar-refractivity contribution in [1.29, 1.82) is 0 Å². The number of hydrogen-bond acceptors (Lipinski definition) is 5. The molecule has 7 nitrogen and oxygen atoms in total. The molecule has 31 heavy (non-hydrogen) atoms. The third-order valence-electron chi connectivity index (χ3n) is 5.95. The molecule has 1 unspecified atom stereocenters. The molecule has 8 heteroatoms. The van der Waals surface area contributed by atoms with E-state index in [1.807, 2.05) is 7.05 Å². The van der Waals surface area contributed by atoms with Crippen molar-refractivity contribution in [3.63, 3.8) is 0 Å². The molecule has 2 fully saturated rings. The van der Waals surface area contributed by atoms with Gasteiger partial charge in [-0.25, -0.2) is 0 Å². The molecule has 2 aliphatic rings. The number of halogens is 1. The highest BCUT2D eigenvalue weighted by Gasteiger charge is 2.23. The maximum absolute atomic E-state index is 5.51. The lowest BCUT2D eigenvalue weighted by atomic mass is 10.0. The Hall–Kier alpha value is -0.940. The van der Waals surface area contributed by atoms with Crippen molar-refractivity contribution in [2.24, 2.45) is 10.9 Å². The molecule has 1 atom stereocenters. The van der Waals surface area contributed by atoms with Gasteiger partial charge in [-0.05, 0) is 17.0 Å². The number of nitrogens with zero attached hydrogens (tertiary/aromatic N) is 3. The number of ether oxygens (including phenoxy) is 2. The van der Waals surface area contributed by atoms with E-state index in [1.165, 1.54) is 11.1 Å². The van der Waals surface area contributed by atoms with Crippen LogP contribution in [0, 0.1) is 5.92 Å². The van der Waals surface area contributed by atoms with E-state index in [2.05, 4.69) is 63.5 Å². The topological polar surface area (TPSA) is 61.4 Å². The first-order valence-electron chi connectivity index (χ1n) is 11.3. The van der Waals surface area contributed by atoms with Gasteiger partial charge in [-0.15, -0.1) is 24.0 Å². The number of benzene rings is 1. The van der Waals surface area contributed by atoms with Crippen LogP contribution in [0.1, 0.15) is 25.0 Å². The third kappa shape index (κ3) is 8.84. The second-order valence-corrected chi connectivity index (χ2v) is 8.47. The molecule has 176 valence electrons. The predicted molar refractivity (Wildman–Crippen MR) is 137 cm³/mol. The number of morpholine rings is 2. The molecule has 0 saturated carbocycles. The summed E-state index contributed by atoms with van der Waals surface area (Å²) in [4.78, 5) is 9.41. The molecule has 3 rings (SSSR count). The van der Waals surface area contributed by atoms with Gasteiger partial charge >= 0.3 is 0 Å². The number of hydrogen-bond donors (Lipinski definition) is 2. The van der Waals surface area contributed by atoms with Crippen molar-refractivity contribution in [3.05, 3.63) is 35.4 Å². The molecular formula is C23H40IN5O2. The van der Waals surface area contributed by atoms with E-state index in [1.54, 1.807) is 0 Å². The quantitative estimate of drug-likeness (QED) is 0.297. The average molecular weight is 546 g/mol. The maximum atomic E-state index is 5.51. The van der Waals surface area contributed by atoms with Gasteiger partial charge in [0.15, 0.2) is 5.96 Å². The zero-order chi connectivity index (χ0) is 21.2. The van der Waals surface area contributed by atoms with Gasteiger partial charge in [0.05, 0.1) is 26.4 Å². The summed E-state index contributed by atoms with van der Waals surface area (Å²) in [7, 11) is 1.84. The summed E-state index contributed by atoms with van der Waals surface area (Å²) in [6.07, 6.45) is 0. The Kier molecular flexibility index (Phi) is 12.1. The minimum Gasteiger partial charge on any atom is -0.379 e. The predicted octanol–water partition coefficient (Wildman–Crippen LogP) is 2.16. The summed E-state index contributed by atoms with van der Waals surface area (Å²) in [5.74, 6) is 1.43. The molecule has 2 N–H and O–H groups in total. The van der Waals surface area contributed by atoms with Gasteiger partial charge in [-0.1, -0.05) is 38.1 Å². The number of nitrogens with one attached hydrogen (secondary N) is 2. The Labute approximate surface area is 205 Å². The van der Waals surface area contributed by atoms with E-state index in [0.29, 0.717) is 12.0 Å². The van der Waals surface area contributed by atoms with Gasteiger partial charge in [0.2, 0.25) is 0 Å². The summed E-state index contributed by atoms with van der Waals surface area (Å²) >= 11 is 0. The van der Waals surface area contributed by atoms with Crippen LogP contribution in [0.2, 0.25) is 0 Å². The summed E-state index contributed by atoms with van der Waals surface area (Å²) < 4.78 is 11.0. The molecule has 2 aliphatic heterocycles. The monoisotopic (exact) mass is 545 g/mol. The van der Waals surface area contributed by atoms with Crippen molar-refractivity contribution in [1.82, 2.24) is 20.4 Å². The minimum atomic E-state index is 0. The summed E-state index contributed by atoms with van der Waals surface area (Å²) in [6, 6.07) is 9.30. The van der Waals surface area contributed by atoms with Crippen LogP contribution < -0.4 is 10.6 Å². The fraction of sp³-hybridized carbons (Fsp3) is 0.696. The van der Waals surface area contributed by atoms with Gasteiger partial charge in [-0.2, -0.15) is 0 Å². The van der Waals surface area contributed by atoms with Crippen molar-refractivity contribution < 1.29 is 9.47 Å². The SMILES string of the molecule is CN=C(NCc1cccc(CN2CCOCC2)c1)NCC(C(C)C)N1CCOCC1.I. The molecule has 2 saturated heterocycles. The van der Waals surface area contributed by atoms with Crippen molar-refractivity contribution in [3.8, 4) is 0 Å². The Balaban J connectivity index is 0.00000341. The summed E-state index contributed by atoms with van der Waals surface area (Å²) in [5, 5.41) is 7.01. The van der Waals surface area contributed by atoms with Crippen molar-refractivity contribution in [2.45, 2.75) is 33.0 Å². The Bertz CT molecular complexity index is 661. The van der Waals surface area contributed by atoms with Gasteiger partial charge in [0, 0.05) is 58.9 Å². The summed E-state index contributed by atoms with van der Waals surface area (Å²) in [5.41, 5.74) is 2.63. The molecule has 2 heterocycles. The van der Waals surface area contributed by atoms with E-state index < -0.39 is 0 Å². The fourth-order valence-corrected chi connectivity index (χ4v) is 4.16. The van der Waals surface area contributed by atoms with Gasteiger partial charge in [-0.3, -0.25) is 14.8 Å². The van der Waals surface area contributed by atoms with Crippen LogP contribution in [0.5, 0.6) is 0 Å². The molecule has 1 aromatic rings.